The molecule has 5 atom stereocenters. The van der Waals surface area contributed by atoms with Gasteiger partial charge in [-0.15, -0.1) is 0 Å². The third-order valence-electron chi connectivity index (χ3n) is 7.39. The molecule has 1 aromatic carbocycles. The molecule has 0 saturated carbocycles. The molecule has 0 aromatic heterocycles. The summed E-state index contributed by atoms with van der Waals surface area (Å²) in [6, 6.07) is 9.06. The van der Waals surface area contributed by atoms with Crippen LogP contribution in [0, 0.1) is 5.92 Å². The Kier molecular flexibility index (Phi) is 7.27. The van der Waals surface area contributed by atoms with Crippen molar-refractivity contribution in [3.63, 3.8) is 0 Å². The fourth-order valence-electron chi connectivity index (χ4n) is 6.07. The first kappa shape index (κ1) is 23.3. The van der Waals surface area contributed by atoms with E-state index in [0.29, 0.717) is 30.7 Å². The van der Waals surface area contributed by atoms with Gasteiger partial charge >= 0.3 is 6.09 Å². The van der Waals surface area contributed by atoms with Crippen molar-refractivity contribution in [3.8, 4) is 0 Å². The summed E-state index contributed by atoms with van der Waals surface area (Å²) in [7, 11) is 1.61. The molecular formula is C25H39N3O4. The minimum absolute atomic E-state index is 0.119. The average Bonchev–Trinajstić information content (AvgIpc) is 3.30. The number of likely N-dealkylation sites (tertiary alicyclic amines) is 1. The first-order valence-electron chi connectivity index (χ1n) is 12.2. The molecular weight excluding hydrogens is 406 g/mol. The SMILES string of the molecule is CCOC(=O)N1[C@@H]2CC[C@H]1C[C@H](CN1CC[C@H](Nc3ccccc3[C@](C)(O)COC)C1)C2. The number of nitrogens with zero attached hydrogens (tertiary/aromatic N) is 2. The first-order valence-corrected chi connectivity index (χ1v) is 12.2. The molecule has 1 aromatic rings. The molecule has 0 aliphatic carbocycles. The van der Waals surface area contributed by atoms with Gasteiger partial charge in [-0.05, 0) is 57.9 Å². The maximum Gasteiger partial charge on any atom is 0.410 e. The molecule has 2 N–H and O–H groups in total. The molecule has 7 nitrogen and oxygen atoms in total. The fourth-order valence-corrected chi connectivity index (χ4v) is 6.07. The Morgan fingerprint density at radius 1 is 1.22 bits per heavy atom. The van der Waals surface area contributed by atoms with Crippen molar-refractivity contribution >= 4 is 11.8 Å². The zero-order valence-electron chi connectivity index (χ0n) is 19.8. The van der Waals surface area contributed by atoms with Gasteiger partial charge in [0.1, 0.15) is 5.60 Å². The van der Waals surface area contributed by atoms with Crippen LogP contribution in [-0.4, -0.2) is 79.1 Å². The van der Waals surface area contributed by atoms with Gasteiger partial charge in [-0.3, -0.25) is 0 Å². The number of hydrogen-bond donors (Lipinski definition) is 2. The van der Waals surface area contributed by atoms with Gasteiger partial charge in [0.15, 0.2) is 0 Å². The van der Waals surface area contributed by atoms with Crippen molar-refractivity contribution in [2.45, 2.75) is 69.7 Å². The lowest BCUT2D eigenvalue weighted by molar-refractivity contribution is -0.0203. The smallest absolute Gasteiger partial charge is 0.410 e. The van der Waals surface area contributed by atoms with Crippen LogP contribution in [0.3, 0.4) is 0 Å². The minimum Gasteiger partial charge on any atom is -0.450 e. The van der Waals surface area contributed by atoms with E-state index in [1.165, 1.54) is 0 Å². The number of methoxy groups -OCH3 is 1. The number of fused-ring (bicyclic) bond motifs is 2. The van der Waals surface area contributed by atoms with Crippen LogP contribution in [0.2, 0.25) is 0 Å². The number of piperidine rings is 1. The van der Waals surface area contributed by atoms with E-state index in [9.17, 15) is 9.90 Å². The first-order chi connectivity index (χ1) is 15.4. The maximum absolute atomic E-state index is 12.3. The standard InChI is InChI=1S/C25H39N3O4/c1-4-32-24(29)28-20-9-10-21(28)14-18(13-20)15-27-12-11-19(16-27)26-23-8-6-5-7-22(23)25(2,30)17-31-3/h5-8,18-21,26,30H,4,9-17H2,1-3H3/t18-,19-,20-,21+,25+/m0/s1. The third kappa shape index (κ3) is 5.05. The highest BCUT2D eigenvalue weighted by Crippen LogP contribution is 2.39. The van der Waals surface area contributed by atoms with Gasteiger partial charge in [-0.25, -0.2) is 4.79 Å². The van der Waals surface area contributed by atoms with E-state index >= 15 is 0 Å². The van der Waals surface area contributed by atoms with E-state index in [2.05, 4.69) is 10.2 Å². The summed E-state index contributed by atoms with van der Waals surface area (Å²) in [5, 5.41) is 14.5. The highest BCUT2D eigenvalue weighted by atomic mass is 16.6. The van der Waals surface area contributed by atoms with Gasteiger partial charge in [0.05, 0.1) is 13.2 Å². The number of anilines is 1. The van der Waals surface area contributed by atoms with Crippen LogP contribution in [0.5, 0.6) is 0 Å². The third-order valence-corrected chi connectivity index (χ3v) is 7.39. The highest BCUT2D eigenvalue weighted by Gasteiger charge is 2.44. The van der Waals surface area contributed by atoms with Gasteiger partial charge in [-0.2, -0.15) is 0 Å². The molecule has 3 fully saturated rings. The van der Waals surface area contributed by atoms with Crippen molar-refractivity contribution in [2.24, 2.45) is 5.92 Å². The van der Waals surface area contributed by atoms with Crippen LogP contribution in [0.4, 0.5) is 10.5 Å². The summed E-state index contributed by atoms with van der Waals surface area (Å²) < 4.78 is 10.5. The topological polar surface area (TPSA) is 74.3 Å². The summed E-state index contributed by atoms with van der Waals surface area (Å²) in [6.45, 7) is 7.58. The molecule has 3 aliphatic heterocycles. The van der Waals surface area contributed by atoms with Crippen LogP contribution in [0.15, 0.2) is 24.3 Å². The zero-order chi connectivity index (χ0) is 22.7. The second kappa shape index (κ2) is 9.98. The van der Waals surface area contributed by atoms with E-state index in [4.69, 9.17) is 9.47 Å². The average molecular weight is 446 g/mol. The lowest BCUT2D eigenvalue weighted by atomic mass is 9.90. The van der Waals surface area contributed by atoms with E-state index in [-0.39, 0.29) is 12.7 Å². The molecule has 32 heavy (non-hydrogen) atoms. The number of para-hydroxylation sites is 1. The maximum atomic E-state index is 12.3. The lowest BCUT2D eigenvalue weighted by Crippen LogP contribution is -2.48. The van der Waals surface area contributed by atoms with Crippen LogP contribution >= 0.6 is 0 Å². The van der Waals surface area contributed by atoms with Crippen LogP contribution in [0.25, 0.3) is 0 Å². The van der Waals surface area contributed by atoms with Crippen molar-refractivity contribution in [1.29, 1.82) is 0 Å². The number of hydrogen-bond acceptors (Lipinski definition) is 6. The Labute approximate surface area is 192 Å². The predicted molar refractivity (Wildman–Crippen MR) is 125 cm³/mol. The number of amides is 1. The van der Waals surface area contributed by atoms with Gasteiger partial charge in [0, 0.05) is 56.1 Å². The van der Waals surface area contributed by atoms with Crippen LogP contribution < -0.4 is 5.32 Å². The van der Waals surface area contributed by atoms with Crippen molar-refractivity contribution in [1.82, 2.24) is 9.80 Å². The van der Waals surface area contributed by atoms with E-state index in [0.717, 1.165) is 63.0 Å². The van der Waals surface area contributed by atoms with Crippen molar-refractivity contribution in [2.75, 3.05) is 45.3 Å². The Bertz CT molecular complexity index is 772. The monoisotopic (exact) mass is 445 g/mol. The number of carbonyl (C=O) groups is 1. The zero-order valence-corrected chi connectivity index (χ0v) is 19.8. The molecule has 0 spiro atoms. The number of carbonyl (C=O) groups excluding carboxylic acids is 1. The summed E-state index contributed by atoms with van der Waals surface area (Å²) in [6.07, 6.45) is 5.38. The molecule has 0 unspecified atom stereocenters. The molecule has 4 rings (SSSR count). The van der Waals surface area contributed by atoms with Crippen molar-refractivity contribution in [3.05, 3.63) is 29.8 Å². The molecule has 0 radical (unpaired) electrons. The van der Waals surface area contributed by atoms with Gasteiger partial charge < -0.3 is 29.7 Å². The van der Waals surface area contributed by atoms with Crippen LogP contribution in [-0.2, 0) is 15.1 Å². The molecule has 3 heterocycles. The second-order valence-corrected chi connectivity index (χ2v) is 9.97. The molecule has 7 heteroatoms. The largest absolute Gasteiger partial charge is 0.450 e. The molecule has 178 valence electrons. The summed E-state index contributed by atoms with van der Waals surface area (Å²) in [4.78, 5) is 16.9. The molecule has 2 bridgehead atoms. The fraction of sp³-hybridized carbons (Fsp3) is 0.720. The quantitative estimate of drug-likeness (QED) is 0.639. The minimum atomic E-state index is -1.02. The lowest BCUT2D eigenvalue weighted by Gasteiger charge is -2.39. The Morgan fingerprint density at radius 2 is 1.94 bits per heavy atom. The van der Waals surface area contributed by atoms with Gasteiger partial charge in [0.25, 0.3) is 0 Å². The molecule has 3 saturated heterocycles. The number of rotatable bonds is 8. The van der Waals surface area contributed by atoms with Gasteiger partial charge in [0.2, 0.25) is 0 Å². The van der Waals surface area contributed by atoms with E-state index in [1.807, 2.05) is 36.1 Å². The van der Waals surface area contributed by atoms with Crippen molar-refractivity contribution < 1.29 is 19.4 Å². The Hall–Kier alpha value is -1.83. The summed E-state index contributed by atoms with van der Waals surface area (Å²) >= 11 is 0. The normalized spacial score (nSPS) is 29.7. The highest BCUT2D eigenvalue weighted by molar-refractivity contribution is 5.69. The number of benzene rings is 1. The molecule has 1 amide bonds. The number of aliphatic hydroxyl groups is 1. The predicted octanol–water partition coefficient (Wildman–Crippen LogP) is 3.43. The van der Waals surface area contributed by atoms with E-state index < -0.39 is 5.60 Å². The second-order valence-electron chi connectivity index (χ2n) is 9.97. The van der Waals surface area contributed by atoms with E-state index in [1.54, 1.807) is 14.0 Å². The van der Waals surface area contributed by atoms with Gasteiger partial charge in [-0.1, -0.05) is 18.2 Å². The van der Waals surface area contributed by atoms with Crippen LogP contribution in [0.1, 0.15) is 51.5 Å². The molecule has 3 aliphatic rings. The Balaban J connectivity index is 1.31. The number of nitrogens with one attached hydrogen (secondary N) is 1. The summed E-state index contributed by atoms with van der Waals surface area (Å²) in [5.41, 5.74) is 0.841. The summed E-state index contributed by atoms with van der Waals surface area (Å²) in [5.74, 6) is 0.645. The Morgan fingerprint density at radius 3 is 2.62 bits per heavy atom. The number of ether oxygens (including phenoxy) is 2.